The summed E-state index contributed by atoms with van der Waals surface area (Å²) in [6.45, 7) is 0. The molecule has 0 bridgehead atoms. The van der Waals surface area contributed by atoms with Gasteiger partial charge in [-0.05, 0) is 30.3 Å². The Bertz CT molecular complexity index is 920. The first kappa shape index (κ1) is 12.8. The van der Waals surface area contributed by atoms with Crippen LogP contribution in [0, 0.1) is 6.07 Å². The van der Waals surface area contributed by atoms with Crippen molar-refractivity contribution >= 4 is 33.3 Å². The second-order valence-corrected chi connectivity index (χ2v) is 5.46. The fraction of sp³-hybridized carbons (Fsp3) is 0. The van der Waals surface area contributed by atoms with Gasteiger partial charge in [0.05, 0.1) is 21.4 Å². The molecule has 0 atom stereocenters. The first-order chi connectivity index (χ1) is 10.9. The van der Waals surface area contributed by atoms with E-state index in [1.165, 1.54) is 0 Å². The zero-order valence-electron chi connectivity index (χ0n) is 11.4. The molecule has 0 aliphatic carbocycles. The van der Waals surface area contributed by atoms with E-state index < -0.39 is 0 Å². The minimum absolute atomic E-state index is 0.514. The van der Waals surface area contributed by atoms with Crippen molar-refractivity contribution in [2.45, 2.75) is 0 Å². The van der Waals surface area contributed by atoms with E-state index in [0.717, 1.165) is 21.5 Å². The van der Waals surface area contributed by atoms with Gasteiger partial charge in [-0.1, -0.05) is 6.07 Å². The van der Waals surface area contributed by atoms with Gasteiger partial charge in [0.2, 0.25) is 5.95 Å². The number of hydrogen-bond donors (Lipinski definition) is 1. The molecule has 4 aromatic rings. The van der Waals surface area contributed by atoms with E-state index in [9.17, 15) is 0 Å². The fourth-order valence-electron chi connectivity index (χ4n) is 2.10. The number of aromatic nitrogens is 4. The van der Waals surface area contributed by atoms with Crippen LogP contribution in [0.2, 0.25) is 0 Å². The lowest BCUT2D eigenvalue weighted by molar-refractivity contribution is 1.15. The number of rotatable bonds is 3. The van der Waals surface area contributed by atoms with Crippen molar-refractivity contribution in [1.29, 1.82) is 0 Å². The van der Waals surface area contributed by atoms with Gasteiger partial charge in [0.1, 0.15) is 5.82 Å². The predicted octanol–water partition coefficient (Wildman–Crippen LogP) is 3.69. The third-order valence-corrected chi connectivity index (χ3v) is 3.93. The van der Waals surface area contributed by atoms with Crippen LogP contribution in [-0.4, -0.2) is 19.9 Å². The van der Waals surface area contributed by atoms with E-state index in [1.54, 1.807) is 29.8 Å². The summed E-state index contributed by atoms with van der Waals surface area (Å²) in [5, 5.41) is 3.08. The van der Waals surface area contributed by atoms with Crippen LogP contribution in [0.1, 0.15) is 0 Å². The summed E-state index contributed by atoms with van der Waals surface area (Å²) in [6.07, 6.45) is 3.33. The molecule has 1 N–H and O–H groups in total. The van der Waals surface area contributed by atoms with E-state index in [-0.39, 0.29) is 0 Å². The molecule has 5 nitrogen and oxygen atoms in total. The van der Waals surface area contributed by atoms with Crippen LogP contribution in [0.5, 0.6) is 0 Å². The molecule has 0 unspecified atom stereocenters. The number of thiazole rings is 1. The highest BCUT2D eigenvalue weighted by Crippen LogP contribution is 2.25. The molecular formula is C16H10N5S. The van der Waals surface area contributed by atoms with Crippen molar-refractivity contribution in [1.82, 2.24) is 19.9 Å². The quantitative estimate of drug-likeness (QED) is 0.625. The Hall–Kier alpha value is -2.86. The van der Waals surface area contributed by atoms with Crippen LogP contribution >= 0.6 is 11.3 Å². The summed E-state index contributed by atoms with van der Waals surface area (Å²) in [5.41, 5.74) is 4.75. The lowest BCUT2D eigenvalue weighted by Crippen LogP contribution is -1.99. The van der Waals surface area contributed by atoms with E-state index >= 15 is 0 Å². The first-order valence-corrected chi connectivity index (χ1v) is 7.52. The summed E-state index contributed by atoms with van der Waals surface area (Å²) in [4.78, 5) is 17.2. The van der Waals surface area contributed by atoms with Crippen molar-refractivity contribution in [3.63, 3.8) is 0 Å². The second-order valence-electron chi connectivity index (χ2n) is 4.57. The Kier molecular flexibility index (Phi) is 3.21. The zero-order valence-corrected chi connectivity index (χ0v) is 12.2. The van der Waals surface area contributed by atoms with Crippen molar-refractivity contribution in [3.05, 3.63) is 60.4 Å². The molecule has 1 aromatic carbocycles. The van der Waals surface area contributed by atoms with E-state index in [2.05, 4.69) is 37.4 Å². The van der Waals surface area contributed by atoms with Gasteiger partial charge >= 0.3 is 0 Å². The topological polar surface area (TPSA) is 63.6 Å². The third-order valence-electron chi connectivity index (χ3n) is 3.14. The molecule has 22 heavy (non-hydrogen) atoms. The zero-order chi connectivity index (χ0) is 14.8. The number of pyridine rings is 1. The lowest BCUT2D eigenvalue weighted by atomic mass is 10.1. The van der Waals surface area contributed by atoms with Gasteiger partial charge in [-0.15, -0.1) is 11.3 Å². The van der Waals surface area contributed by atoms with Crippen LogP contribution < -0.4 is 5.32 Å². The van der Waals surface area contributed by atoms with E-state index in [1.807, 2.05) is 29.8 Å². The maximum Gasteiger partial charge on any atom is 0.228 e. The minimum atomic E-state index is 0.514. The fourth-order valence-corrected chi connectivity index (χ4v) is 2.82. The van der Waals surface area contributed by atoms with Gasteiger partial charge in [-0.2, -0.15) is 0 Å². The number of anilines is 2. The molecule has 0 amide bonds. The van der Waals surface area contributed by atoms with Crippen LogP contribution in [-0.2, 0) is 0 Å². The first-order valence-electron chi connectivity index (χ1n) is 6.64. The molecule has 3 aromatic heterocycles. The maximum absolute atomic E-state index is 4.54. The standard InChI is InChI=1S/C16H10N5S/c1-2-7-17-15(3-1)21-16-18-8-6-12(20-16)11-4-5-13-14(9-11)22-10-19-13/h1,3-10H,(H,17,18,20,21). The highest BCUT2D eigenvalue weighted by atomic mass is 32.1. The Balaban J connectivity index is 1.69. The Morgan fingerprint density at radius 1 is 1.05 bits per heavy atom. The van der Waals surface area contributed by atoms with Crippen LogP contribution in [0.4, 0.5) is 11.8 Å². The molecular weight excluding hydrogens is 294 g/mol. The molecule has 0 aliphatic heterocycles. The highest BCUT2D eigenvalue weighted by Gasteiger charge is 2.05. The van der Waals surface area contributed by atoms with E-state index in [0.29, 0.717) is 11.8 Å². The second kappa shape index (κ2) is 5.50. The van der Waals surface area contributed by atoms with Gasteiger partial charge < -0.3 is 5.32 Å². The number of benzene rings is 1. The summed E-state index contributed by atoms with van der Waals surface area (Å²) in [6, 6.07) is 14.5. The minimum Gasteiger partial charge on any atom is -0.309 e. The van der Waals surface area contributed by atoms with Gasteiger partial charge in [-0.25, -0.2) is 19.9 Å². The molecule has 4 rings (SSSR count). The van der Waals surface area contributed by atoms with Gasteiger partial charge in [0.15, 0.2) is 0 Å². The summed E-state index contributed by atoms with van der Waals surface area (Å²) >= 11 is 1.62. The highest BCUT2D eigenvalue weighted by molar-refractivity contribution is 7.16. The third kappa shape index (κ3) is 2.51. The molecule has 0 spiro atoms. The molecule has 0 aliphatic rings. The maximum atomic E-state index is 4.54. The Morgan fingerprint density at radius 2 is 2.05 bits per heavy atom. The summed E-state index contributed by atoms with van der Waals surface area (Å²) < 4.78 is 1.14. The van der Waals surface area contributed by atoms with Gasteiger partial charge in [-0.3, -0.25) is 0 Å². The molecule has 6 heteroatoms. The SMILES string of the molecule is [c]1ccc(Nc2nccc(-c3ccc4ncsc4c3)n2)nc1. The lowest BCUT2D eigenvalue weighted by Gasteiger charge is -2.05. The molecule has 3 heterocycles. The van der Waals surface area contributed by atoms with Crippen molar-refractivity contribution < 1.29 is 0 Å². The number of nitrogens with one attached hydrogen (secondary N) is 1. The molecule has 105 valence electrons. The monoisotopic (exact) mass is 304 g/mol. The average Bonchev–Trinajstić information content (AvgIpc) is 3.04. The number of nitrogens with zero attached hydrogens (tertiary/aromatic N) is 4. The number of fused-ring (bicyclic) bond motifs is 1. The van der Waals surface area contributed by atoms with Gasteiger partial charge in [0.25, 0.3) is 0 Å². The van der Waals surface area contributed by atoms with E-state index in [4.69, 9.17) is 0 Å². The smallest absolute Gasteiger partial charge is 0.228 e. The molecule has 0 saturated carbocycles. The molecule has 0 saturated heterocycles. The molecule has 0 fully saturated rings. The number of hydrogen-bond acceptors (Lipinski definition) is 6. The largest absolute Gasteiger partial charge is 0.309 e. The van der Waals surface area contributed by atoms with Crippen LogP contribution in [0.15, 0.2) is 54.3 Å². The van der Waals surface area contributed by atoms with Crippen molar-refractivity contribution in [2.24, 2.45) is 0 Å². The van der Waals surface area contributed by atoms with Gasteiger partial charge in [0, 0.05) is 24.0 Å². The summed E-state index contributed by atoms with van der Waals surface area (Å²) in [7, 11) is 0. The normalized spacial score (nSPS) is 10.7. The van der Waals surface area contributed by atoms with Crippen molar-refractivity contribution in [2.75, 3.05) is 5.32 Å². The Morgan fingerprint density at radius 3 is 2.95 bits per heavy atom. The van der Waals surface area contributed by atoms with Crippen LogP contribution in [0.25, 0.3) is 21.5 Å². The average molecular weight is 304 g/mol. The Labute approximate surface area is 130 Å². The van der Waals surface area contributed by atoms with Crippen LogP contribution in [0.3, 0.4) is 0 Å². The predicted molar refractivity (Wildman–Crippen MR) is 87.0 cm³/mol. The summed E-state index contributed by atoms with van der Waals surface area (Å²) in [5.74, 6) is 1.20. The van der Waals surface area contributed by atoms with Crippen molar-refractivity contribution in [3.8, 4) is 11.3 Å². The molecule has 1 radical (unpaired) electrons.